The predicted molar refractivity (Wildman–Crippen MR) is 120 cm³/mol. The molecule has 0 heterocycles. The minimum absolute atomic E-state index is 0.188. The molecule has 5 nitrogen and oxygen atoms in total. The highest BCUT2D eigenvalue weighted by Crippen LogP contribution is 2.18. The molecule has 156 valence electrons. The number of rotatable bonds is 8. The van der Waals surface area contributed by atoms with Crippen LogP contribution in [0.3, 0.4) is 0 Å². The number of amides is 1. The van der Waals surface area contributed by atoms with Gasteiger partial charge in [-0.3, -0.25) is 4.79 Å². The molecule has 3 aromatic carbocycles. The van der Waals surface area contributed by atoms with Crippen LogP contribution in [-0.2, 0) is 16.0 Å². The van der Waals surface area contributed by atoms with E-state index < -0.39 is 12.6 Å². The van der Waals surface area contributed by atoms with Crippen LogP contribution in [0.5, 0.6) is 0 Å². The number of aryl methyl sites for hydroxylation is 1. The van der Waals surface area contributed by atoms with E-state index in [1.165, 1.54) is 4.90 Å². The highest BCUT2D eigenvalue weighted by atomic mass is 16.5. The van der Waals surface area contributed by atoms with E-state index in [9.17, 15) is 9.59 Å². The van der Waals surface area contributed by atoms with Gasteiger partial charge in [0.1, 0.15) is 0 Å². The Balaban J connectivity index is 1.69. The number of nitriles is 1. The lowest BCUT2D eigenvalue weighted by atomic mass is 10.00. The number of hydrogen-bond acceptors (Lipinski definition) is 4. The second-order valence-corrected chi connectivity index (χ2v) is 7.18. The second-order valence-electron chi connectivity index (χ2n) is 7.18. The first-order valence-corrected chi connectivity index (χ1v) is 10.1. The van der Waals surface area contributed by atoms with Crippen molar-refractivity contribution in [1.29, 1.82) is 5.26 Å². The van der Waals surface area contributed by atoms with E-state index in [1.807, 2.05) is 73.7 Å². The molecular weight excluding hydrogens is 388 g/mol. The Bertz CT molecular complexity index is 1070. The zero-order chi connectivity index (χ0) is 22.1. The number of ether oxygens (including phenoxy) is 1. The Morgan fingerprint density at radius 3 is 2.32 bits per heavy atom. The van der Waals surface area contributed by atoms with Crippen molar-refractivity contribution in [3.05, 3.63) is 101 Å². The molecule has 0 aliphatic heterocycles. The van der Waals surface area contributed by atoms with E-state index in [2.05, 4.69) is 6.07 Å². The lowest BCUT2D eigenvalue weighted by molar-refractivity contribution is -0.121. The highest BCUT2D eigenvalue weighted by molar-refractivity contribution is 5.97. The van der Waals surface area contributed by atoms with E-state index in [-0.39, 0.29) is 18.9 Å². The molecule has 0 saturated heterocycles. The maximum absolute atomic E-state index is 12.8. The molecule has 0 saturated carbocycles. The summed E-state index contributed by atoms with van der Waals surface area (Å²) in [7, 11) is 0. The van der Waals surface area contributed by atoms with Gasteiger partial charge in [-0.2, -0.15) is 5.26 Å². The predicted octanol–water partition coefficient (Wildman–Crippen LogP) is 4.69. The summed E-state index contributed by atoms with van der Waals surface area (Å²) in [4.78, 5) is 27.0. The van der Waals surface area contributed by atoms with Crippen LogP contribution in [0.4, 0.5) is 5.69 Å². The molecule has 0 unspecified atom stereocenters. The average Bonchev–Trinajstić information content (AvgIpc) is 2.80. The SMILES string of the molecule is Cc1ccc(N(CCC#N)C(=O)COC(=O)c2ccccc2Cc2ccccc2)cc1. The Labute approximate surface area is 182 Å². The number of esters is 1. The monoisotopic (exact) mass is 412 g/mol. The molecule has 0 radical (unpaired) electrons. The van der Waals surface area contributed by atoms with Crippen molar-refractivity contribution in [2.24, 2.45) is 0 Å². The van der Waals surface area contributed by atoms with Gasteiger partial charge in [-0.15, -0.1) is 0 Å². The number of nitrogens with zero attached hydrogens (tertiary/aromatic N) is 2. The summed E-state index contributed by atoms with van der Waals surface area (Å²) in [6.45, 7) is 1.80. The van der Waals surface area contributed by atoms with Crippen LogP contribution in [-0.4, -0.2) is 25.0 Å². The lowest BCUT2D eigenvalue weighted by Crippen LogP contribution is -2.35. The van der Waals surface area contributed by atoms with Crippen molar-refractivity contribution in [2.45, 2.75) is 19.8 Å². The summed E-state index contributed by atoms with van der Waals surface area (Å²) >= 11 is 0. The van der Waals surface area contributed by atoms with E-state index in [0.29, 0.717) is 17.7 Å². The Hall–Kier alpha value is -3.91. The van der Waals surface area contributed by atoms with Gasteiger partial charge in [0.25, 0.3) is 5.91 Å². The molecule has 0 bridgehead atoms. The van der Waals surface area contributed by atoms with E-state index in [4.69, 9.17) is 10.00 Å². The van der Waals surface area contributed by atoms with Crippen LogP contribution in [0.1, 0.15) is 33.5 Å². The number of anilines is 1. The zero-order valence-corrected chi connectivity index (χ0v) is 17.5. The van der Waals surface area contributed by atoms with Gasteiger partial charge in [0, 0.05) is 12.2 Å². The summed E-state index contributed by atoms with van der Waals surface area (Å²) in [5.41, 5.74) is 4.11. The molecule has 31 heavy (non-hydrogen) atoms. The van der Waals surface area contributed by atoms with Gasteiger partial charge < -0.3 is 9.64 Å². The van der Waals surface area contributed by atoms with Crippen LogP contribution >= 0.6 is 0 Å². The highest BCUT2D eigenvalue weighted by Gasteiger charge is 2.19. The molecule has 0 spiro atoms. The number of benzene rings is 3. The van der Waals surface area contributed by atoms with Gasteiger partial charge in [-0.1, -0.05) is 66.2 Å². The summed E-state index contributed by atoms with van der Waals surface area (Å²) in [6, 6.07) is 26.6. The number of carbonyl (C=O) groups is 2. The fourth-order valence-corrected chi connectivity index (χ4v) is 3.26. The minimum atomic E-state index is -0.538. The van der Waals surface area contributed by atoms with E-state index in [0.717, 1.165) is 16.7 Å². The molecule has 0 aliphatic carbocycles. The second kappa shape index (κ2) is 10.7. The average molecular weight is 412 g/mol. The molecule has 0 atom stereocenters. The Morgan fingerprint density at radius 1 is 0.935 bits per heavy atom. The Kier molecular flexibility index (Phi) is 7.56. The van der Waals surface area contributed by atoms with Crippen LogP contribution < -0.4 is 4.90 Å². The fraction of sp³-hybridized carbons (Fsp3) is 0.192. The third kappa shape index (κ3) is 6.03. The van der Waals surface area contributed by atoms with Gasteiger partial charge in [0.2, 0.25) is 0 Å². The van der Waals surface area contributed by atoms with Crippen molar-refractivity contribution in [1.82, 2.24) is 0 Å². The quantitative estimate of drug-likeness (QED) is 0.503. The van der Waals surface area contributed by atoms with Crippen LogP contribution in [0, 0.1) is 18.3 Å². The first kappa shape index (κ1) is 21.8. The summed E-state index contributed by atoms with van der Waals surface area (Å²) < 4.78 is 5.36. The normalized spacial score (nSPS) is 10.2. The first-order chi connectivity index (χ1) is 15.1. The fourth-order valence-electron chi connectivity index (χ4n) is 3.26. The molecule has 0 fully saturated rings. The largest absolute Gasteiger partial charge is 0.452 e. The summed E-state index contributed by atoms with van der Waals surface area (Å²) in [6.07, 6.45) is 0.783. The smallest absolute Gasteiger partial charge is 0.338 e. The van der Waals surface area contributed by atoms with Crippen LogP contribution in [0.15, 0.2) is 78.9 Å². The van der Waals surface area contributed by atoms with Crippen molar-refractivity contribution in [2.75, 3.05) is 18.1 Å². The maximum atomic E-state index is 12.8. The lowest BCUT2D eigenvalue weighted by Gasteiger charge is -2.22. The van der Waals surface area contributed by atoms with Crippen molar-refractivity contribution in [3.8, 4) is 6.07 Å². The molecule has 0 aromatic heterocycles. The molecule has 3 rings (SSSR count). The van der Waals surface area contributed by atoms with Crippen LogP contribution in [0.2, 0.25) is 0 Å². The van der Waals surface area contributed by atoms with Gasteiger partial charge in [-0.05, 0) is 42.7 Å². The third-order valence-corrected chi connectivity index (χ3v) is 4.90. The number of carbonyl (C=O) groups excluding carboxylic acids is 2. The topological polar surface area (TPSA) is 70.4 Å². The van der Waals surface area contributed by atoms with Crippen molar-refractivity contribution in [3.63, 3.8) is 0 Å². The molecule has 0 aliphatic rings. The van der Waals surface area contributed by atoms with Gasteiger partial charge >= 0.3 is 5.97 Å². The third-order valence-electron chi connectivity index (χ3n) is 4.90. The summed E-state index contributed by atoms with van der Waals surface area (Å²) in [5, 5.41) is 8.93. The van der Waals surface area contributed by atoms with E-state index in [1.54, 1.807) is 12.1 Å². The van der Waals surface area contributed by atoms with Gasteiger partial charge in [0.05, 0.1) is 18.1 Å². The minimum Gasteiger partial charge on any atom is -0.452 e. The zero-order valence-electron chi connectivity index (χ0n) is 17.5. The standard InChI is InChI=1S/C26H24N2O3/c1-20-12-14-23(15-13-20)28(17-7-16-27)25(29)19-31-26(30)24-11-6-5-10-22(24)18-21-8-3-2-4-9-21/h2-6,8-15H,7,17-19H2,1H3. The Morgan fingerprint density at radius 2 is 1.61 bits per heavy atom. The molecule has 3 aromatic rings. The molecule has 0 N–H and O–H groups in total. The van der Waals surface area contributed by atoms with E-state index >= 15 is 0 Å². The summed E-state index contributed by atoms with van der Waals surface area (Å²) in [5.74, 6) is -0.906. The van der Waals surface area contributed by atoms with Gasteiger partial charge in [0.15, 0.2) is 6.61 Å². The molecular formula is C26H24N2O3. The number of hydrogen-bond donors (Lipinski definition) is 0. The van der Waals surface area contributed by atoms with Crippen molar-refractivity contribution >= 4 is 17.6 Å². The molecule has 1 amide bonds. The molecule has 5 heteroatoms. The first-order valence-electron chi connectivity index (χ1n) is 10.1. The van der Waals surface area contributed by atoms with Crippen molar-refractivity contribution < 1.29 is 14.3 Å². The van der Waals surface area contributed by atoms with Crippen LogP contribution in [0.25, 0.3) is 0 Å². The maximum Gasteiger partial charge on any atom is 0.338 e. The van der Waals surface area contributed by atoms with Gasteiger partial charge in [-0.25, -0.2) is 4.79 Å².